The molecule has 0 nitrogen and oxygen atoms in total. The molecule has 1 rings (SSSR count). The van der Waals surface area contributed by atoms with Gasteiger partial charge in [0.05, 0.1) is 0 Å². The van der Waals surface area contributed by atoms with E-state index < -0.39 is 11.6 Å². The Balaban J connectivity index is 3.06. The van der Waals surface area contributed by atoms with Crippen LogP contribution in [0.25, 0.3) is 0 Å². The third kappa shape index (κ3) is 2.06. The van der Waals surface area contributed by atoms with Crippen molar-refractivity contribution in [2.45, 2.75) is 19.3 Å². The van der Waals surface area contributed by atoms with Gasteiger partial charge in [-0.25, -0.2) is 8.78 Å². The smallest absolute Gasteiger partial charge is 0.129 e. The first kappa shape index (κ1) is 9.73. The summed E-state index contributed by atoms with van der Waals surface area (Å²) in [5, 5.41) is 0. The van der Waals surface area contributed by atoms with Crippen molar-refractivity contribution < 1.29 is 8.78 Å². The first-order valence-electron chi connectivity index (χ1n) is 4.04. The van der Waals surface area contributed by atoms with Gasteiger partial charge in [-0.2, -0.15) is 0 Å². The molecule has 0 heterocycles. The zero-order valence-electron chi connectivity index (χ0n) is 7.35. The van der Waals surface area contributed by atoms with Crippen LogP contribution in [0.4, 0.5) is 8.78 Å². The molecule has 0 N–H and O–H groups in total. The standard InChI is InChI=1S/C11H10F2/c1-3-5-8(2)11-9(12)6-4-7-10(11)13/h1,4,6-8H,5H2,2H3. The zero-order chi connectivity index (χ0) is 9.84. The van der Waals surface area contributed by atoms with Gasteiger partial charge in [0.15, 0.2) is 0 Å². The molecule has 0 aliphatic rings. The van der Waals surface area contributed by atoms with Crippen molar-refractivity contribution in [3.63, 3.8) is 0 Å². The van der Waals surface area contributed by atoms with Gasteiger partial charge in [-0.15, -0.1) is 12.3 Å². The van der Waals surface area contributed by atoms with Crippen LogP contribution >= 0.6 is 0 Å². The van der Waals surface area contributed by atoms with Crippen molar-refractivity contribution in [3.8, 4) is 12.3 Å². The normalized spacial score (nSPS) is 12.2. The Hall–Kier alpha value is -1.36. The summed E-state index contributed by atoms with van der Waals surface area (Å²) in [6, 6.07) is 3.83. The van der Waals surface area contributed by atoms with Crippen LogP contribution in [0.1, 0.15) is 24.8 Å². The SMILES string of the molecule is C#CCC(C)c1c(F)cccc1F. The number of hydrogen-bond acceptors (Lipinski definition) is 0. The fourth-order valence-electron chi connectivity index (χ4n) is 1.26. The number of hydrogen-bond donors (Lipinski definition) is 0. The second-order valence-corrected chi connectivity index (χ2v) is 2.94. The molecule has 2 heteroatoms. The van der Waals surface area contributed by atoms with Gasteiger partial charge < -0.3 is 0 Å². The van der Waals surface area contributed by atoms with Gasteiger partial charge in [-0.3, -0.25) is 0 Å². The fourth-order valence-corrected chi connectivity index (χ4v) is 1.26. The van der Waals surface area contributed by atoms with E-state index in [0.717, 1.165) is 0 Å². The first-order valence-corrected chi connectivity index (χ1v) is 4.04. The molecule has 0 saturated heterocycles. The van der Waals surface area contributed by atoms with E-state index in [1.807, 2.05) is 0 Å². The predicted molar refractivity (Wildman–Crippen MR) is 48.2 cm³/mol. The monoisotopic (exact) mass is 180 g/mol. The summed E-state index contributed by atoms with van der Waals surface area (Å²) in [4.78, 5) is 0. The molecule has 1 atom stereocenters. The number of benzene rings is 1. The van der Waals surface area contributed by atoms with E-state index in [-0.39, 0.29) is 11.5 Å². The van der Waals surface area contributed by atoms with Gasteiger partial charge >= 0.3 is 0 Å². The molecular formula is C11H10F2. The van der Waals surface area contributed by atoms with E-state index in [4.69, 9.17) is 6.42 Å². The highest BCUT2D eigenvalue weighted by atomic mass is 19.1. The lowest BCUT2D eigenvalue weighted by atomic mass is 9.97. The summed E-state index contributed by atoms with van der Waals surface area (Å²) in [6.07, 6.45) is 5.42. The van der Waals surface area contributed by atoms with Gasteiger partial charge in [-0.1, -0.05) is 13.0 Å². The molecule has 0 amide bonds. The van der Waals surface area contributed by atoms with Crippen LogP contribution in [-0.2, 0) is 0 Å². The van der Waals surface area contributed by atoms with Crippen molar-refractivity contribution in [1.29, 1.82) is 0 Å². The first-order chi connectivity index (χ1) is 6.16. The number of rotatable bonds is 2. The van der Waals surface area contributed by atoms with E-state index in [2.05, 4.69) is 5.92 Å². The summed E-state index contributed by atoms with van der Waals surface area (Å²) < 4.78 is 26.2. The Labute approximate surface area is 76.6 Å². The largest absolute Gasteiger partial charge is 0.207 e. The molecule has 68 valence electrons. The average molecular weight is 180 g/mol. The van der Waals surface area contributed by atoms with Gasteiger partial charge in [0.25, 0.3) is 0 Å². The third-order valence-electron chi connectivity index (χ3n) is 1.92. The van der Waals surface area contributed by atoms with Crippen molar-refractivity contribution in [1.82, 2.24) is 0 Å². The molecular weight excluding hydrogens is 170 g/mol. The highest BCUT2D eigenvalue weighted by Crippen LogP contribution is 2.24. The fraction of sp³-hybridized carbons (Fsp3) is 0.273. The van der Waals surface area contributed by atoms with E-state index >= 15 is 0 Å². The molecule has 0 aliphatic carbocycles. The number of halogens is 2. The molecule has 0 fully saturated rings. The van der Waals surface area contributed by atoms with Crippen LogP contribution in [0, 0.1) is 24.0 Å². The predicted octanol–water partition coefficient (Wildman–Crippen LogP) is 3.09. The lowest BCUT2D eigenvalue weighted by molar-refractivity contribution is 0.535. The topological polar surface area (TPSA) is 0 Å². The molecule has 0 aromatic heterocycles. The van der Waals surface area contributed by atoms with Crippen LogP contribution in [0.15, 0.2) is 18.2 Å². The maximum Gasteiger partial charge on any atom is 0.129 e. The summed E-state index contributed by atoms with van der Waals surface area (Å²) in [5.74, 6) is 1.06. The minimum Gasteiger partial charge on any atom is -0.207 e. The summed E-state index contributed by atoms with van der Waals surface area (Å²) in [6.45, 7) is 1.71. The van der Waals surface area contributed by atoms with Crippen LogP contribution < -0.4 is 0 Å². The minimum absolute atomic E-state index is 0.0838. The van der Waals surface area contributed by atoms with E-state index in [9.17, 15) is 8.78 Å². The maximum atomic E-state index is 13.1. The van der Waals surface area contributed by atoms with Crippen molar-refractivity contribution in [2.75, 3.05) is 0 Å². The zero-order valence-corrected chi connectivity index (χ0v) is 7.35. The summed E-state index contributed by atoms with van der Waals surface area (Å²) in [7, 11) is 0. The van der Waals surface area contributed by atoms with E-state index in [1.54, 1.807) is 6.92 Å². The Morgan fingerprint density at radius 2 is 1.92 bits per heavy atom. The van der Waals surface area contributed by atoms with Crippen molar-refractivity contribution >= 4 is 0 Å². The second kappa shape index (κ2) is 4.04. The lowest BCUT2D eigenvalue weighted by Crippen LogP contribution is -2.00. The molecule has 0 aliphatic heterocycles. The number of terminal acetylenes is 1. The molecule has 13 heavy (non-hydrogen) atoms. The van der Waals surface area contributed by atoms with Gasteiger partial charge in [0.1, 0.15) is 11.6 Å². The highest BCUT2D eigenvalue weighted by Gasteiger charge is 2.14. The highest BCUT2D eigenvalue weighted by molar-refractivity contribution is 5.24. The molecule has 0 spiro atoms. The Kier molecular flexibility index (Phi) is 3.02. The maximum absolute atomic E-state index is 13.1. The van der Waals surface area contributed by atoms with Crippen LogP contribution in [0.5, 0.6) is 0 Å². The minimum atomic E-state index is -0.525. The molecule has 0 saturated carbocycles. The second-order valence-electron chi connectivity index (χ2n) is 2.94. The summed E-state index contributed by atoms with van der Waals surface area (Å²) in [5.41, 5.74) is 0.0838. The van der Waals surface area contributed by atoms with Gasteiger partial charge in [0.2, 0.25) is 0 Å². The Morgan fingerprint density at radius 3 is 2.38 bits per heavy atom. The lowest BCUT2D eigenvalue weighted by Gasteiger charge is -2.10. The van der Waals surface area contributed by atoms with Gasteiger partial charge in [-0.05, 0) is 18.1 Å². The average Bonchev–Trinajstić information content (AvgIpc) is 2.04. The van der Waals surface area contributed by atoms with Crippen LogP contribution in [0.3, 0.4) is 0 Å². The van der Waals surface area contributed by atoms with Crippen molar-refractivity contribution in [3.05, 3.63) is 35.4 Å². The van der Waals surface area contributed by atoms with Crippen LogP contribution in [0.2, 0.25) is 0 Å². The molecule has 1 unspecified atom stereocenters. The Bertz CT molecular complexity index is 316. The van der Waals surface area contributed by atoms with E-state index in [1.165, 1.54) is 18.2 Å². The Morgan fingerprint density at radius 1 is 1.38 bits per heavy atom. The van der Waals surface area contributed by atoms with Crippen molar-refractivity contribution in [2.24, 2.45) is 0 Å². The van der Waals surface area contributed by atoms with Gasteiger partial charge in [0, 0.05) is 12.0 Å². The molecule has 1 aromatic rings. The molecule has 1 aromatic carbocycles. The van der Waals surface area contributed by atoms with Crippen LogP contribution in [-0.4, -0.2) is 0 Å². The summed E-state index contributed by atoms with van der Waals surface area (Å²) >= 11 is 0. The quantitative estimate of drug-likeness (QED) is 0.613. The van der Waals surface area contributed by atoms with E-state index in [0.29, 0.717) is 6.42 Å². The molecule has 0 bridgehead atoms. The molecule has 0 radical (unpaired) electrons. The third-order valence-corrected chi connectivity index (χ3v) is 1.92.